The second-order valence-corrected chi connectivity index (χ2v) is 1.75. The minimum absolute atomic E-state index is 0.567. The van der Waals surface area contributed by atoms with Gasteiger partial charge in [0, 0.05) is 5.57 Å². The van der Waals surface area contributed by atoms with Crippen LogP contribution in [0.5, 0.6) is 0 Å². The smallest absolute Gasteiger partial charge is 0.215 e. The van der Waals surface area contributed by atoms with E-state index < -0.39 is 0 Å². The Hall–Kier alpha value is -1.05. The highest BCUT2D eigenvalue weighted by atomic mass is 16.5. The first-order valence-corrected chi connectivity index (χ1v) is 3.16. The molecule has 0 fully saturated rings. The van der Waals surface area contributed by atoms with Gasteiger partial charge in [0.05, 0.1) is 7.11 Å². The highest BCUT2D eigenvalue weighted by Crippen LogP contribution is 2.10. The Labute approximate surface area is 61.9 Å². The first-order valence-electron chi connectivity index (χ1n) is 3.16. The van der Waals surface area contributed by atoms with Crippen molar-refractivity contribution in [2.45, 2.75) is 13.3 Å². The molecule has 0 unspecified atom stereocenters. The van der Waals surface area contributed by atoms with E-state index in [1.54, 1.807) is 13.2 Å². The molecule has 56 valence electrons. The number of aliphatic imine (C=N–C) groups is 1. The summed E-state index contributed by atoms with van der Waals surface area (Å²) in [5.41, 5.74) is 0.984. The monoisotopic (exact) mass is 139 g/mol. The average molecular weight is 139 g/mol. The summed E-state index contributed by atoms with van der Waals surface area (Å²) in [6, 6.07) is 0. The van der Waals surface area contributed by atoms with Gasteiger partial charge in [0.25, 0.3) is 0 Å². The average Bonchev–Trinajstić information content (AvgIpc) is 2.00. The number of nitrogens with zero attached hydrogens (tertiary/aromatic N) is 1. The van der Waals surface area contributed by atoms with Gasteiger partial charge in [-0.2, -0.15) is 0 Å². The highest BCUT2D eigenvalue weighted by Gasteiger charge is 1.96. The molecule has 2 nitrogen and oxygen atoms in total. The summed E-state index contributed by atoms with van der Waals surface area (Å²) in [4.78, 5) is 3.68. The maximum Gasteiger partial charge on any atom is 0.215 e. The molecule has 0 heterocycles. The Kier molecular flexibility index (Phi) is 4.29. The van der Waals surface area contributed by atoms with Crippen LogP contribution in [0.1, 0.15) is 13.3 Å². The fraction of sp³-hybridized carbons (Fsp3) is 0.375. The zero-order valence-corrected chi connectivity index (χ0v) is 6.55. The molecular weight excluding hydrogens is 126 g/mol. The SMILES string of the molecule is C=C/C(CC)=C(\N=C)OC. The van der Waals surface area contributed by atoms with Crippen LogP contribution in [0.15, 0.2) is 29.1 Å². The number of hydrogen-bond acceptors (Lipinski definition) is 2. The molecule has 0 aromatic heterocycles. The van der Waals surface area contributed by atoms with Crippen LogP contribution in [0.25, 0.3) is 0 Å². The zero-order valence-electron chi connectivity index (χ0n) is 6.55. The molecule has 0 spiro atoms. The van der Waals surface area contributed by atoms with Crippen LogP contribution >= 0.6 is 0 Å². The van der Waals surface area contributed by atoms with Gasteiger partial charge in [-0.1, -0.05) is 19.6 Å². The van der Waals surface area contributed by atoms with Gasteiger partial charge in [-0.15, -0.1) is 0 Å². The Balaban J connectivity index is 4.50. The number of rotatable bonds is 4. The molecule has 0 saturated carbocycles. The number of methoxy groups -OCH3 is 1. The van der Waals surface area contributed by atoms with E-state index in [1.165, 1.54) is 0 Å². The summed E-state index contributed by atoms with van der Waals surface area (Å²) < 4.78 is 4.92. The van der Waals surface area contributed by atoms with Gasteiger partial charge in [-0.05, 0) is 13.1 Å². The van der Waals surface area contributed by atoms with Crippen molar-refractivity contribution >= 4 is 6.72 Å². The minimum atomic E-state index is 0.567. The lowest BCUT2D eigenvalue weighted by atomic mass is 10.2. The van der Waals surface area contributed by atoms with E-state index in [2.05, 4.69) is 18.3 Å². The minimum Gasteiger partial charge on any atom is -0.481 e. The summed E-state index contributed by atoms with van der Waals surface area (Å²) in [7, 11) is 1.57. The number of allylic oxidation sites excluding steroid dienone is 2. The molecule has 0 aromatic rings. The summed E-state index contributed by atoms with van der Waals surface area (Å²) in [5, 5.41) is 0. The van der Waals surface area contributed by atoms with Crippen molar-refractivity contribution < 1.29 is 4.74 Å². The quantitative estimate of drug-likeness (QED) is 0.332. The van der Waals surface area contributed by atoms with Crippen molar-refractivity contribution in [3.8, 4) is 0 Å². The molecule has 0 N–H and O–H groups in total. The van der Waals surface area contributed by atoms with Crippen LogP contribution in [0.3, 0.4) is 0 Å². The molecule has 0 aliphatic carbocycles. The molecule has 2 heteroatoms. The zero-order chi connectivity index (χ0) is 7.98. The topological polar surface area (TPSA) is 21.6 Å². The van der Waals surface area contributed by atoms with E-state index in [9.17, 15) is 0 Å². The Morgan fingerprint density at radius 3 is 2.40 bits per heavy atom. The van der Waals surface area contributed by atoms with Gasteiger partial charge in [0.15, 0.2) is 0 Å². The summed E-state index contributed by atoms with van der Waals surface area (Å²) in [6.45, 7) is 9.01. The molecule has 0 atom stereocenters. The van der Waals surface area contributed by atoms with Gasteiger partial charge in [0.1, 0.15) is 0 Å². The highest BCUT2D eigenvalue weighted by molar-refractivity contribution is 5.31. The van der Waals surface area contributed by atoms with E-state index in [1.807, 2.05) is 6.92 Å². The maximum absolute atomic E-state index is 4.92. The van der Waals surface area contributed by atoms with Gasteiger partial charge < -0.3 is 4.74 Å². The molecular formula is C8H13NO. The predicted molar refractivity (Wildman–Crippen MR) is 44.1 cm³/mol. The largest absolute Gasteiger partial charge is 0.481 e. The lowest BCUT2D eigenvalue weighted by Crippen LogP contribution is -1.87. The second kappa shape index (κ2) is 4.79. The Bertz CT molecular complexity index is 141. The van der Waals surface area contributed by atoms with Crippen LogP contribution in [0.2, 0.25) is 0 Å². The molecule has 0 rings (SSSR count). The van der Waals surface area contributed by atoms with Crippen LogP contribution in [-0.4, -0.2) is 13.8 Å². The van der Waals surface area contributed by atoms with Crippen molar-refractivity contribution in [2.24, 2.45) is 4.99 Å². The first kappa shape index (κ1) is 8.95. The van der Waals surface area contributed by atoms with E-state index in [0.717, 1.165) is 12.0 Å². The van der Waals surface area contributed by atoms with Gasteiger partial charge in [0.2, 0.25) is 5.88 Å². The van der Waals surface area contributed by atoms with E-state index in [0.29, 0.717) is 5.88 Å². The van der Waals surface area contributed by atoms with E-state index in [4.69, 9.17) is 4.74 Å². The maximum atomic E-state index is 4.92. The Morgan fingerprint density at radius 2 is 2.30 bits per heavy atom. The third kappa shape index (κ3) is 2.05. The molecule has 0 aliphatic heterocycles. The van der Waals surface area contributed by atoms with Crippen LogP contribution in [-0.2, 0) is 4.74 Å². The molecule has 0 bridgehead atoms. The van der Waals surface area contributed by atoms with Crippen LogP contribution in [0.4, 0.5) is 0 Å². The number of hydrogen-bond donors (Lipinski definition) is 0. The lowest BCUT2D eigenvalue weighted by Gasteiger charge is -2.02. The summed E-state index contributed by atoms with van der Waals surface area (Å²) >= 11 is 0. The number of ether oxygens (including phenoxy) is 1. The van der Waals surface area contributed by atoms with Crippen molar-refractivity contribution in [3.05, 3.63) is 24.1 Å². The summed E-state index contributed by atoms with van der Waals surface area (Å²) in [5.74, 6) is 0.567. The molecule has 10 heavy (non-hydrogen) atoms. The fourth-order valence-electron chi connectivity index (χ4n) is 0.680. The molecule has 0 aromatic carbocycles. The predicted octanol–water partition coefficient (Wildman–Crippen LogP) is 2.14. The standard InChI is InChI=1S/C8H13NO/c1-5-7(6-2)8(9-3)10-4/h5H,1,3,6H2,2,4H3/b8-7-. The molecule has 0 radical (unpaired) electrons. The molecule has 0 amide bonds. The van der Waals surface area contributed by atoms with E-state index >= 15 is 0 Å². The summed E-state index contributed by atoms with van der Waals surface area (Å²) in [6.07, 6.45) is 2.60. The Morgan fingerprint density at radius 1 is 1.70 bits per heavy atom. The van der Waals surface area contributed by atoms with Crippen molar-refractivity contribution in [1.82, 2.24) is 0 Å². The van der Waals surface area contributed by atoms with E-state index in [-0.39, 0.29) is 0 Å². The third-order valence-corrected chi connectivity index (χ3v) is 1.24. The third-order valence-electron chi connectivity index (χ3n) is 1.24. The van der Waals surface area contributed by atoms with Gasteiger partial charge in [-0.3, -0.25) is 0 Å². The van der Waals surface area contributed by atoms with Crippen molar-refractivity contribution in [1.29, 1.82) is 0 Å². The molecule has 0 aliphatic rings. The van der Waals surface area contributed by atoms with Crippen LogP contribution < -0.4 is 0 Å². The molecule has 0 saturated heterocycles. The van der Waals surface area contributed by atoms with Gasteiger partial charge in [-0.25, -0.2) is 4.99 Å². The van der Waals surface area contributed by atoms with Crippen LogP contribution in [0, 0.1) is 0 Å². The lowest BCUT2D eigenvalue weighted by molar-refractivity contribution is 0.284. The fourth-order valence-corrected chi connectivity index (χ4v) is 0.680. The second-order valence-electron chi connectivity index (χ2n) is 1.75. The first-order chi connectivity index (χ1) is 4.79. The van der Waals surface area contributed by atoms with Crippen molar-refractivity contribution in [2.75, 3.05) is 7.11 Å². The van der Waals surface area contributed by atoms with Gasteiger partial charge >= 0.3 is 0 Å². The van der Waals surface area contributed by atoms with Crippen molar-refractivity contribution in [3.63, 3.8) is 0 Å². The normalized spacial score (nSPS) is 11.8.